The zero-order valence-electron chi connectivity index (χ0n) is 27.7. The van der Waals surface area contributed by atoms with Crippen molar-refractivity contribution in [1.29, 1.82) is 0 Å². The number of nitrogens with zero attached hydrogens (tertiary/aromatic N) is 7. The van der Waals surface area contributed by atoms with Gasteiger partial charge >= 0.3 is 6.18 Å². The standard InChI is InChI=1S/C33H32ClF4N9O5/c1-2-24-28(45-12-10-44(11-13-45)26(49)17-40-30(50)27-22(35)4-3-9-39-27)31(51)47-32(42-29(43-47)19-7-14-52-15-8-19)46(24)18-25(48)41-23-6-5-20(16-21(23)34)33(36,37)38/h3-7,9,16H,2,8,10-15,17-18H2,1H3,(H,40,50)(H,41,48). The van der Waals surface area contributed by atoms with E-state index in [1.165, 1.54) is 21.7 Å². The number of fused-ring (bicyclic) bond motifs is 1. The van der Waals surface area contributed by atoms with Crippen molar-refractivity contribution in [3.8, 4) is 0 Å². The first-order valence-corrected chi connectivity index (χ1v) is 16.6. The highest BCUT2D eigenvalue weighted by Gasteiger charge is 2.32. The summed E-state index contributed by atoms with van der Waals surface area (Å²) in [5.41, 5.74) is -0.502. The Morgan fingerprint density at radius 3 is 2.52 bits per heavy atom. The first kappa shape index (κ1) is 36.4. The van der Waals surface area contributed by atoms with Crippen LogP contribution in [0.1, 0.15) is 40.9 Å². The van der Waals surface area contributed by atoms with E-state index in [0.29, 0.717) is 25.3 Å². The van der Waals surface area contributed by atoms with Gasteiger partial charge in [-0.25, -0.2) is 9.37 Å². The molecule has 0 unspecified atom stereocenters. The second-order valence-corrected chi connectivity index (χ2v) is 12.3. The van der Waals surface area contributed by atoms with Crippen LogP contribution in [0.3, 0.4) is 0 Å². The van der Waals surface area contributed by atoms with Crippen LogP contribution in [0.2, 0.25) is 5.02 Å². The maximum Gasteiger partial charge on any atom is 0.416 e. The molecule has 3 aromatic heterocycles. The number of rotatable bonds is 9. The lowest BCUT2D eigenvalue weighted by Crippen LogP contribution is -2.52. The Labute approximate surface area is 298 Å². The third kappa shape index (κ3) is 7.62. The predicted octanol–water partition coefficient (Wildman–Crippen LogP) is 3.18. The average Bonchev–Trinajstić information content (AvgIpc) is 3.59. The number of anilines is 2. The van der Waals surface area contributed by atoms with Crippen molar-refractivity contribution in [3.63, 3.8) is 0 Å². The number of aromatic nitrogens is 5. The van der Waals surface area contributed by atoms with Gasteiger partial charge in [0.1, 0.15) is 12.2 Å². The molecule has 3 amide bonds. The fourth-order valence-electron chi connectivity index (χ4n) is 6.01. The number of pyridine rings is 1. The van der Waals surface area contributed by atoms with Crippen LogP contribution in [0.25, 0.3) is 11.4 Å². The maximum absolute atomic E-state index is 14.1. The first-order valence-electron chi connectivity index (χ1n) is 16.2. The zero-order chi connectivity index (χ0) is 37.2. The molecule has 0 radical (unpaired) electrons. The molecule has 0 aliphatic carbocycles. The summed E-state index contributed by atoms with van der Waals surface area (Å²) in [6.07, 6.45) is -0.790. The van der Waals surface area contributed by atoms with Gasteiger partial charge in [-0.2, -0.15) is 22.7 Å². The lowest BCUT2D eigenvalue weighted by Gasteiger charge is -2.36. The summed E-state index contributed by atoms with van der Waals surface area (Å²) in [4.78, 5) is 64.5. The molecule has 5 heterocycles. The van der Waals surface area contributed by atoms with E-state index in [1.54, 1.807) is 17.9 Å². The highest BCUT2D eigenvalue weighted by atomic mass is 35.5. The topological polar surface area (TPSA) is 156 Å². The fraction of sp³-hybridized carbons (Fsp3) is 0.364. The van der Waals surface area contributed by atoms with E-state index >= 15 is 0 Å². The van der Waals surface area contributed by atoms with E-state index in [2.05, 4.69) is 25.7 Å². The molecule has 1 saturated heterocycles. The molecule has 1 fully saturated rings. The molecule has 0 atom stereocenters. The van der Waals surface area contributed by atoms with E-state index in [-0.39, 0.29) is 60.6 Å². The second kappa shape index (κ2) is 15.1. The van der Waals surface area contributed by atoms with Crippen molar-refractivity contribution in [1.82, 2.24) is 34.4 Å². The summed E-state index contributed by atoms with van der Waals surface area (Å²) >= 11 is 6.10. The van der Waals surface area contributed by atoms with Crippen LogP contribution < -0.4 is 21.1 Å². The van der Waals surface area contributed by atoms with Gasteiger partial charge in [-0.15, -0.1) is 5.10 Å². The zero-order valence-corrected chi connectivity index (χ0v) is 28.4. The molecule has 1 aromatic carbocycles. The van der Waals surface area contributed by atoms with Gasteiger partial charge in [-0.3, -0.25) is 19.2 Å². The van der Waals surface area contributed by atoms with Crippen LogP contribution >= 0.6 is 11.6 Å². The molecule has 0 spiro atoms. The Balaban J connectivity index is 1.26. The van der Waals surface area contributed by atoms with Gasteiger partial charge in [0.05, 0.1) is 41.7 Å². The highest BCUT2D eigenvalue weighted by Crippen LogP contribution is 2.34. The number of carbonyl (C=O) groups excluding carboxylic acids is 3. The van der Waals surface area contributed by atoms with E-state index in [4.69, 9.17) is 16.3 Å². The van der Waals surface area contributed by atoms with Gasteiger partial charge in [0.15, 0.2) is 17.3 Å². The molecule has 6 rings (SSSR count). The molecule has 52 heavy (non-hydrogen) atoms. The number of benzene rings is 1. The maximum atomic E-state index is 14.1. The lowest BCUT2D eigenvalue weighted by atomic mass is 10.1. The third-order valence-electron chi connectivity index (χ3n) is 8.61. The number of carbonyl (C=O) groups is 3. The van der Waals surface area contributed by atoms with E-state index in [1.807, 2.05) is 0 Å². The lowest BCUT2D eigenvalue weighted by molar-refractivity contribution is -0.137. The summed E-state index contributed by atoms with van der Waals surface area (Å²) in [6.45, 7) is 2.54. The van der Waals surface area contributed by atoms with Gasteiger partial charge in [-0.05, 0) is 48.7 Å². The van der Waals surface area contributed by atoms with E-state index < -0.39 is 59.6 Å². The second-order valence-electron chi connectivity index (χ2n) is 11.9. The van der Waals surface area contributed by atoms with Crippen LogP contribution in [-0.2, 0) is 33.5 Å². The molecule has 0 bridgehead atoms. The Kier molecular flexibility index (Phi) is 10.6. The molecule has 4 aromatic rings. The number of halogens is 5. The minimum atomic E-state index is -4.62. The van der Waals surface area contributed by atoms with Crippen LogP contribution in [0.15, 0.2) is 47.4 Å². The number of hydrogen-bond acceptors (Lipinski definition) is 9. The van der Waals surface area contributed by atoms with Crippen molar-refractivity contribution in [2.24, 2.45) is 0 Å². The minimum absolute atomic E-state index is 0.0355. The minimum Gasteiger partial charge on any atom is -0.377 e. The Morgan fingerprint density at radius 1 is 1.10 bits per heavy atom. The molecule has 2 aliphatic heterocycles. The SMILES string of the molecule is CCc1c(N2CCN(C(=O)CNC(=O)c3ncccc3F)CC2)c(=O)n2nc(C3=CCOCC3)nc2n1CC(=O)Nc1ccc(C(F)(F)F)cc1Cl. The van der Waals surface area contributed by atoms with Crippen LogP contribution in [0, 0.1) is 5.82 Å². The van der Waals surface area contributed by atoms with Crippen LogP contribution in [0.5, 0.6) is 0 Å². The van der Waals surface area contributed by atoms with Gasteiger partial charge in [0.2, 0.25) is 17.6 Å². The third-order valence-corrected chi connectivity index (χ3v) is 8.92. The summed E-state index contributed by atoms with van der Waals surface area (Å²) < 4.78 is 61.5. The number of hydrogen-bond donors (Lipinski definition) is 2. The normalized spacial score (nSPS) is 15.1. The molecule has 2 N–H and O–H groups in total. The Hall–Kier alpha value is -5.36. The molecule has 0 saturated carbocycles. The predicted molar refractivity (Wildman–Crippen MR) is 180 cm³/mol. The van der Waals surface area contributed by atoms with E-state index in [9.17, 15) is 36.7 Å². The molecule has 19 heteroatoms. The van der Waals surface area contributed by atoms with Crippen LogP contribution in [-0.4, -0.2) is 92.7 Å². The van der Waals surface area contributed by atoms with Gasteiger partial charge in [0, 0.05) is 32.4 Å². The molecule has 14 nitrogen and oxygen atoms in total. The average molecular weight is 746 g/mol. The molecule has 274 valence electrons. The first-order chi connectivity index (χ1) is 24.8. The van der Waals surface area contributed by atoms with Crippen molar-refractivity contribution in [2.45, 2.75) is 32.5 Å². The van der Waals surface area contributed by atoms with Crippen molar-refractivity contribution in [3.05, 3.63) is 86.6 Å². The largest absolute Gasteiger partial charge is 0.416 e. The summed E-state index contributed by atoms with van der Waals surface area (Å²) in [7, 11) is 0. The van der Waals surface area contributed by atoms with Gasteiger partial charge < -0.3 is 29.7 Å². The molecular formula is C33H32ClF4N9O5. The molecule has 2 aliphatic rings. The van der Waals surface area contributed by atoms with Crippen molar-refractivity contribution < 1.29 is 36.7 Å². The molecular weight excluding hydrogens is 714 g/mol. The van der Waals surface area contributed by atoms with Crippen molar-refractivity contribution in [2.75, 3.05) is 56.2 Å². The highest BCUT2D eigenvalue weighted by molar-refractivity contribution is 6.33. The number of nitrogens with one attached hydrogen (secondary N) is 2. The number of amides is 3. The quantitative estimate of drug-likeness (QED) is 0.246. The van der Waals surface area contributed by atoms with Crippen molar-refractivity contribution >= 4 is 52.0 Å². The van der Waals surface area contributed by atoms with Gasteiger partial charge in [-0.1, -0.05) is 24.6 Å². The summed E-state index contributed by atoms with van der Waals surface area (Å²) in [5.74, 6) is -2.36. The Morgan fingerprint density at radius 2 is 1.87 bits per heavy atom. The van der Waals surface area contributed by atoms with E-state index in [0.717, 1.165) is 34.4 Å². The number of piperazine rings is 1. The fourth-order valence-corrected chi connectivity index (χ4v) is 6.23. The summed E-state index contributed by atoms with van der Waals surface area (Å²) in [5, 5.41) is 9.14. The smallest absolute Gasteiger partial charge is 0.377 e. The summed E-state index contributed by atoms with van der Waals surface area (Å²) in [6, 6.07) is 5.01. The van der Waals surface area contributed by atoms with Crippen LogP contribution in [0.4, 0.5) is 28.9 Å². The Bertz CT molecular complexity index is 2130. The monoisotopic (exact) mass is 745 g/mol. The number of alkyl halides is 3. The van der Waals surface area contributed by atoms with Gasteiger partial charge in [0.25, 0.3) is 11.5 Å². The number of ether oxygens (including phenoxy) is 1.